The zero-order chi connectivity index (χ0) is 21.0. The summed E-state index contributed by atoms with van der Waals surface area (Å²) >= 11 is 0. The molecule has 0 aromatic rings. The van der Waals surface area contributed by atoms with Crippen LogP contribution in [0.2, 0.25) is 0 Å². The van der Waals surface area contributed by atoms with E-state index < -0.39 is 23.5 Å². The van der Waals surface area contributed by atoms with Gasteiger partial charge in [-0.2, -0.15) is 0 Å². The fourth-order valence-electron chi connectivity index (χ4n) is 4.16. The molecule has 0 bridgehead atoms. The predicted molar refractivity (Wildman–Crippen MR) is 113 cm³/mol. The fraction of sp³-hybridized carbons (Fsp3) is 0.913. The molecule has 5 heteroatoms. The molecule has 0 aromatic heterocycles. The average Bonchev–Trinajstić information content (AvgIpc) is 2.61. The Balaban J connectivity index is 0.000000467. The Morgan fingerprint density at radius 3 is 1.96 bits per heavy atom. The number of hydrogen-bond donors (Lipinski definition) is 2. The van der Waals surface area contributed by atoms with Gasteiger partial charge in [0.05, 0.1) is 12.3 Å². The van der Waals surface area contributed by atoms with Crippen molar-refractivity contribution in [1.82, 2.24) is 0 Å². The molecule has 0 amide bonds. The van der Waals surface area contributed by atoms with Crippen LogP contribution in [0.1, 0.15) is 111 Å². The monoisotopic (exact) mass is 397 g/mol. The highest BCUT2D eigenvalue weighted by Gasteiger charge is 2.25. The fourth-order valence-corrected chi connectivity index (χ4v) is 4.16. The van der Waals surface area contributed by atoms with Crippen LogP contribution in [-0.4, -0.2) is 28.7 Å². The topological polar surface area (TPSA) is 89.6 Å². The van der Waals surface area contributed by atoms with Crippen molar-refractivity contribution < 1.29 is 19.4 Å². The van der Waals surface area contributed by atoms with Crippen LogP contribution in [0.5, 0.6) is 0 Å². The predicted octanol–water partition coefficient (Wildman–Crippen LogP) is 5.45. The molecular weight excluding hydrogens is 354 g/mol. The minimum atomic E-state index is -0.885. The maximum Gasteiger partial charge on any atom is 0.307 e. The van der Waals surface area contributed by atoms with Crippen molar-refractivity contribution in [2.45, 2.75) is 122 Å². The van der Waals surface area contributed by atoms with E-state index in [-0.39, 0.29) is 6.42 Å². The van der Waals surface area contributed by atoms with E-state index in [0.29, 0.717) is 12.5 Å². The minimum absolute atomic E-state index is 0.0166. The highest BCUT2D eigenvalue weighted by atomic mass is 16.6. The summed E-state index contributed by atoms with van der Waals surface area (Å²) in [6.07, 6.45) is 15.7. The van der Waals surface area contributed by atoms with Gasteiger partial charge in [0.1, 0.15) is 5.60 Å². The second-order valence-electron chi connectivity index (χ2n) is 9.66. The number of carboxylic acids is 1. The van der Waals surface area contributed by atoms with Gasteiger partial charge in [-0.25, -0.2) is 0 Å². The number of aliphatic carboxylic acids is 1. The Labute approximate surface area is 171 Å². The van der Waals surface area contributed by atoms with Crippen LogP contribution in [0.3, 0.4) is 0 Å². The molecule has 28 heavy (non-hydrogen) atoms. The highest BCUT2D eigenvalue weighted by molar-refractivity contribution is 5.78. The molecule has 2 aliphatic carbocycles. The van der Waals surface area contributed by atoms with Gasteiger partial charge in [0.2, 0.25) is 0 Å². The van der Waals surface area contributed by atoms with Crippen molar-refractivity contribution in [2.75, 3.05) is 0 Å². The number of hydrogen-bond acceptors (Lipinski definition) is 4. The molecule has 1 atom stereocenters. The van der Waals surface area contributed by atoms with Crippen LogP contribution in [0.15, 0.2) is 0 Å². The molecule has 0 spiro atoms. The van der Waals surface area contributed by atoms with Gasteiger partial charge in [-0.1, -0.05) is 64.2 Å². The van der Waals surface area contributed by atoms with Gasteiger partial charge in [0, 0.05) is 6.04 Å². The summed E-state index contributed by atoms with van der Waals surface area (Å²) in [5.41, 5.74) is 5.08. The van der Waals surface area contributed by atoms with Crippen molar-refractivity contribution in [2.24, 2.45) is 17.6 Å². The molecule has 3 N–H and O–H groups in total. The van der Waals surface area contributed by atoms with Crippen LogP contribution < -0.4 is 5.73 Å². The van der Waals surface area contributed by atoms with E-state index in [9.17, 15) is 14.7 Å². The summed E-state index contributed by atoms with van der Waals surface area (Å²) in [6.45, 7) is 5.39. The van der Waals surface area contributed by atoms with Crippen LogP contribution in [0.25, 0.3) is 0 Å². The van der Waals surface area contributed by atoms with Crippen molar-refractivity contribution in [3.63, 3.8) is 0 Å². The van der Waals surface area contributed by atoms with Crippen LogP contribution in [0.4, 0.5) is 0 Å². The van der Waals surface area contributed by atoms with Crippen LogP contribution in [-0.2, 0) is 14.3 Å². The Hall–Kier alpha value is -1.10. The second-order valence-corrected chi connectivity index (χ2v) is 9.66. The number of carboxylic acid groups (broad SMARTS) is 1. The van der Waals surface area contributed by atoms with E-state index in [1.54, 1.807) is 20.8 Å². The van der Waals surface area contributed by atoms with E-state index in [1.807, 2.05) is 0 Å². The first-order valence-electron chi connectivity index (χ1n) is 11.4. The second kappa shape index (κ2) is 13.2. The van der Waals surface area contributed by atoms with Gasteiger partial charge in [-0.3, -0.25) is 9.59 Å². The highest BCUT2D eigenvalue weighted by Crippen LogP contribution is 2.29. The largest absolute Gasteiger partial charge is 0.481 e. The summed E-state index contributed by atoms with van der Waals surface area (Å²) < 4.78 is 5.21. The molecule has 2 saturated carbocycles. The van der Waals surface area contributed by atoms with Crippen molar-refractivity contribution in [3.8, 4) is 0 Å². The Kier molecular flexibility index (Phi) is 11.7. The minimum Gasteiger partial charge on any atom is -0.481 e. The van der Waals surface area contributed by atoms with Crippen molar-refractivity contribution >= 4 is 11.9 Å². The molecule has 0 aromatic carbocycles. The Morgan fingerprint density at radius 1 is 1.00 bits per heavy atom. The zero-order valence-corrected chi connectivity index (χ0v) is 18.4. The smallest absolute Gasteiger partial charge is 0.307 e. The number of carbonyl (C=O) groups excluding carboxylic acids is 1. The molecule has 0 saturated heterocycles. The molecule has 2 fully saturated rings. The molecule has 0 heterocycles. The first-order chi connectivity index (χ1) is 13.2. The van der Waals surface area contributed by atoms with Gasteiger partial charge in [0.15, 0.2) is 0 Å². The Bertz CT molecular complexity index is 446. The number of rotatable bonds is 7. The van der Waals surface area contributed by atoms with Gasteiger partial charge >= 0.3 is 11.9 Å². The van der Waals surface area contributed by atoms with Gasteiger partial charge in [-0.05, 0) is 46.0 Å². The normalized spacial score (nSPS) is 20.0. The first kappa shape index (κ1) is 24.9. The third-order valence-corrected chi connectivity index (χ3v) is 5.72. The van der Waals surface area contributed by atoms with Gasteiger partial charge in [-0.15, -0.1) is 0 Å². The molecule has 2 rings (SSSR count). The maximum atomic E-state index is 11.8. The average molecular weight is 398 g/mol. The van der Waals surface area contributed by atoms with E-state index in [1.165, 1.54) is 64.2 Å². The summed E-state index contributed by atoms with van der Waals surface area (Å²) in [7, 11) is 0. The van der Waals surface area contributed by atoms with Crippen LogP contribution in [0, 0.1) is 11.8 Å². The summed E-state index contributed by atoms with van der Waals surface area (Å²) in [5.74, 6) is -1.14. The molecule has 164 valence electrons. The summed E-state index contributed by atoms with van der Waals surface area (Å²) in [5, 5.41) is 9.25. The van der Waals surface area contributed by atoms with Crippen molar-refractivity contribution in [3.05, 3.63) is 0 Å². The van der Waals surface area contributed by atoms with E-state index in [2.05, 4.69) is 0 Å². The van der Waals surface area contributed by atoms with E-state index in [0.717, 1.165) is 18.8 Å². The number of nitrogens with two attached hydrogens (primary N) is 1. The molecule has 0 radical (unpaired) electrons. The van der Waals surface area contributed by atoms with Gasteiger partial charge < -0.3 is 15.6 Å². The van der Waals surface area contributed by atoms with Gasteiger partial charge in [0.25, 0.3) is 0 Å². The lowest BCUT2D eigenvalue weighted by Gasteiger charge is -2.23. The zero-order valence-electron chi connectivity index (χ0n) is 18.4. The number of carbonyl (C=O) groups is 2. The molecule has 1 unspecified atom stereocenters. The lowest BCUT2D eigenvalue weighted by Crippen LogP contribution is -2.27. The SMILES string of the molecule is CC(C)(C)OC(=O)CC(CCCC1CCCCC1)C(=O)O.NC1CCCCC1. The van der Waals surface area contributed by atoms with E-state index >= 15 is 0 Å². The van der Waals surface area contributed by atoms with Crippen molar-refractivity contribution in [1.29, 1.82) is 0 Å². The lowest BCUT2D eigenvalue weighted by atomic mass is 9.84. The lowest BCUT2D eigenvalue weighted by molar-refractivity contribution is -0.160. The first-order valence-corrected chi connectivity index (χ1v) is 11.4. The molecule has 5 nitrogen and oxygen atoms in total. The Morgan fingerprint density at radius 2 is 1.54 bits per heavy atom. The quantitative estimate of drug-likeness (QED) is 0.558. The third-order valence-electron chi connectivity index (χ3n) is 5.72. The number of ether oxygens (including phenoxy) is 1. The van der Waals surface area contributed by atoms with E-state index in [4.69, 9.17) is 10.5 Å². The van der Waals surface area contributed by atoms with Crippen LogP contribution >= 0.6 is 0 Å². The third kappa shape index (κ3) is 12.4. The summed E-state index contributed by atoms with van der Waals surface area (Å²) in [4.78, 5) is 23.0. The molecule has 0 aliphatic heterocycles. The summed E-state index contributed by atoms with van der Waals surface area (Å²) in [6, 6.07) is 0.536. The standard InChI is InChI=1S/C17H30O4.C6H13N/c1-17(2,3)21-15(18)12-14(16(19)20)11-7-10-13-8-5-4-6-9-13;7-6-4-2-1-3-5-6/h13-14H,4-12H2,1-3H3,(H,19,20);6H,1-5,7H2. The molecular formula is C23H43NO4. The maximum absolute atomic E-state index is 11.8. The molecule has 2 aliphatic rings. The number of esters is 1.